The summed E-state index contributed by atoms with van der Waals surface area (Å²) in [5, 5.41) is 0.0544. The zero-order valence-electron chi connectivity index (χ0n) is 8.19. The average molecular weight is 219 g/mol. The number of hydrogen-bond donors (Lipinski definition) is 0. The van der Waals surface area contributed by atoms with Crippen molar-refractivity contribution in [1.82, 2.24) is 4.98 Å². The van der Waals surface area contributed by atoms with Crippen molar-refractivity contribution in [2.75, 3.05) is 5.75 Å². The van der Waals surface area contributed by atoms with Gasteiger partial charge in [-0.3, -0.25) is 14.6 Å². The lowest BCUT2D eigenvalue weighted by molar-refractivity contribution is -0.109. The Labute approximate surface area is 92.3 Å². The Morgan fingerprint density at radius 1 is 1.60 bits per heavy atom. The van der Waals surface area contributed by atoms with Gasteiger partial charge in [0.05, 0.1) is 5.75 Å². The Morgan fingerprint density at radius 2 is 2.40 bits per heavy atom. The normalized spacial score (nSPS) is 8.87. The van der Waals surface area contributed by atoms with Crippen molar-refractivity contribution < 1.29 is 9.59 Å². The minimum absolute atomic E-state index is 0.0544. The molecule has 0 bridgehead atoms. The van der Waals surface area contributed by atoms with Crippen molar-refractivity contribution in [3.8, 4) is 11.8 Å². The maximum atomic E-state index is 10.6. The second-order valence-corrected chi connectivity index (χ2v) is 3.82. The SMILES string of the molecule is CC(=O)SCC#Cc1ccc(C=O)nc1. The van der Waals surface area contributed by atoms with Crippen LogP contribution < -0.4 is 0 Å². The van der Waals surface area contributed by atoms with E-state index in [0.29, 0.717) is 17.7 Å². The molecule has 0 unspecified atom stereocenters. The van der Waals surface area contributed by atoms with Crippen LogP contribution in [0.25, 0.3) is 0 Å². The van der Waals surface area contributed by atoms with Gasteiger partial charge in [-0.25, -0.2) is 0 Å². The van der Waals surface area contributed by atoms with Gasteiger partial charge in [0.25, 0.3) is 0 Å². The van der Waals surface area contributed by atoms with E-state index in [0.717, 1.165) is 5.56 Å². The fourth-order valence-electron chi connectivity index (χ4n) is 0.825. The Hall–Kier alpha value is -1.60. The van der Waals surface area contributed by atoms with Gasteiger partial charge in [-0.2, -0.15) is 0 Å². The largest absolute Gasteiger partial charge is 0.296 e. The molecule has 3 nitrogen and oxygen atoms in total. The van der Waals surface area contributed by atoms with Crippen LogP contribution in [0.4, 0.5) is 0 Å². The van der Waals surface area contributed by atoms with Gasteiger partial charge in [0.2, 0.25) is 0 Å². The van der Waals surface area contributed by atoms with Crippen LogP contribution in [0.15, 0.2) is 18.3 Å². The van der Waals surface area contributed by atoms with E-state index in [1.165, 1.54) is 24.9 Å². The topological polar surface area (TPSA) is 47.0 Å². The third-order valence-corrected chi connectivity index (χ3v) is 2.18. The monoisotopic (exact) mass is 219 g/mol. The second-order valence-electron chi connectivity index (χ2n) is 2.67. The molecule has 0 amide bonds. The van der Waals surface area contributed by atoms with Crippen LogP contribution in [0, 0.1) is 11.8 Å². The third-order valence-electron chi connectivity index (χ3n) is 1.49. The maximum Gasteiger partial charge on any atom is 0.186 e. The van der Waals surface area contributed by atoms with Gasteiger partial charge in [0.15, 0.2) is 11.4 Å². The molecule has 1 heterocycles. The Morgan fingerprint density at radius 3 is 2.93 bits per heavy atom. The summed E-state index contributed by atoms with van der Waals surface area (Å²) in [6.07, 6.45) is 2.22. The second kappa shape index (κ2) is 5.99. The van der Waals surface area contributed by atoms with E-state index in [-0.39, 0.29) is 5.12 Å². The van der Waals surface area contributed by atoms with Gasteiger partial charge in [0, 0.05) is 18.7 Å². The first-order valence-electron chi connectivity index (χ1n) is 4.26. The molecule has 0 atom stereocenters. The molecule has 0 saturated carbocycles. The predicted octanol–water partition coefficient (Wildman–Crippen LogP) is 1.53. The first kappa shape index (κ1) is 11.5. The van der Waals surface area contributed by atoms with Crippen molar-refractivity contribution in [1.29, 1.82) is 0 Å². The van der Waals surface area contributed by atoms with Gasteiger partial charge in [-0.05, 0) is 12.1 Å². The highest BCUT2D eigenvalue weighted by atomic mass is 32.2. The number of thioether (sulfide) groups is 1. The zero-order valence-corrected chi connectivity index (χ0v) is 9.00. The molecule has 0 aliphatic rings. The first-order valence-corrected chi connectivity index (χ1v) is 5.24. The van der Waals surface area contributed by atoms with Crippen molar-refractivity contribution in [2.24, 2.45) is 0 Å². The highest BCUT2D eigenvalue weighted by Crippen LogP contribution is 2.00. The lowest BCUT2D eigenvalue weighted by Crippen LogP contribution is -1.86. The quantitative estimate of drug-likeness (QED) is 0.559. The van der Waals surface area contributed by atoms with Crippen LogP contribution in [0.5, 0.6) is 0 Å². The summed E-state index contributed by atoms with van der Waals surface area (Å²) in [6, 6.07) is 3.33. The van der Waals surface area contributed by atoms with Crippen molar-refractivity contribution >= 4 is 23.2 Å². The summed E-state index contributed by atoms with van der Waals surface area (Å²) >= 11 is 1.17. The number of aromatic nitrogens is 1. The molecular weight excluding hydrogens is 210 g/mol. The van der Waals surface area contributed by atoms with E-state index >= 15 is 0 Å². The van der Waals surface area contributed by atoms with Gasteiger partial charge >= 0.3 is 0 Å². The number of carbonyl (C=O) groups is 2. The summed E-state index contributed by atoms with van der Waals surface area (Å²) in [5.74, 6) is 6.16. The number of aldehydes is 1. The molecule has 0 radical (unpaired) electrons. The molecule has 0 fully saturated rings. The summed E-state index contributed by atoms with van der Waals surface area (Å²) < 4.78 is 0. The number of pyridine rings is 1. The van der Waals surface area contributed by atoms with E-state index in [2.05, 4.69) is 16.8 Å². The van der Waals surface area contributed by atoms with Gasteiger partial charge in [-0.1, -0.05) is 23.6 Å². The maximum absolute atomic E-state index is 10.6. The first-order chi connectivity index (χ1) is 7.22. The molecule has 0 N–H and O–H groups in total. The van der Waals surface area contributed by atoms with Crippen molar-refractivity contribution in [3.63, 3.8) is 0 Å². The fourth-order valence-corrected chi connectivity index (χ4v) is 1.17. The smallest absolute Gasteiger partial charge is 0.186 e. The number of hydrogen-bond acceptors (Lipinski definition) is 4. The van der Waals surface area contributed by atoms with Crippen molar-refractivity contribution in [3.05, 3.63) is 29.6 Å². The van der Waals surface area contributed by atoms with Crippen LogP contribution in [0.3, 0.4) is 0 Å². The van der Waals surface area contributed by atoms with Crippen molar-refractivity contribution in [2.45, 2.75) is 6.92 Å². The highest BCUT2D eigenvalue weighted by molar-refractivity contribution is 8.13. The van der Waals surface area contributed by atoms with Crippen LogP contribution >= 0.6 is 11.8 Å². The molecule has 15 heavy (non-hydrogen) atoms. The lowest BCUT2D eigenvalue weighted by atomic mass is 10.2. The van der Waals surface area contributed by atoms with Gasteiger partial charge in [0.1, 0.15) is 5.69 Å². The van der Waals surface area contributed by atoms with E-state index < -0.39 is 0 Å². The third kappa shape index (κ3) is 4.43. The van der Waals surface area contributed by atoms with Gasteiger partial charge < -0.3 is 0 Å². The number of rotatable bonds is 2. The van der Waals surface area contributed by atoms with E-state index in [4.69, 9.17) is 0 Å². The molecule has 0 aromatic carbocycles. The fraction of sp³-hybridized carbons (Fsp3) is 0.182. The zero-order chi connectivity index (χ0) is 11.1. The van der Waals surface area contributed by atoms with Crippen LogP contribution in [-0.2, 0) is 4.79 Å². The molecule has 0 saturated heterocycles. The van der Waals surface area contributed by atoms with Crippen LogP contribution in [-0.4, -0.2) is 22.1 Å². The van der Waals surface area contributed by atoms with E-state index in [1.54, 1.807) is 12.1 Å². The summed E-state index contributed by atoms with van der Waals surface area (Å²) in [4.78, 5) is 24.8. The van der Waals surface area contributed by atoms with Crippen LogP contribution in [0.2, 0.25) is 0 Å². The lowest BCUT2D eigenvalue weighted by Gasteiger charge is -1.90. The Bertz CT molecular complexity index is 414. The Kier molecular flexibility index (Phi) is 4.58. The molecular formula is C11H9NO2S. The molecule has 0 aliphatic heterocycles. The molecule has 0 spiro atoms. The summed E-state index contributed by atoms with van der Waals surface area (Å²) in [7, 11) is 0. The molecule has 0 aliphatic carbocycles. The molecule has 1 aromatic heterocycles. The van der Waals surface area contributed by atoms with E-state index in [9.17, 15) is 9.59 Å². The summed E-state index contributed by atoms with van der Waals surface area (Å²) in [5.41, 5.74) is 1.13. The molecule has 1 rings (SSSR count). The van der Waals surface area contributed by atoms with Crippen LogP contribution in [0.1, 0.15) is 23.0 Å². The number of carbonyl (C=O) groups excluding carboxylic acids is 2. The number of nitrogens with zero attached hydrogens (tertiary/aromatic N) is 1. The standard InChI is InChI=1S/C11H9NO2S/c1-9(14)15-6-2-3-10-4-5-11(8-13)12-7-10/h4-5,7-8H,6H2,1H3. The van der Waals surface area contributed by atoms with E-state index in [1.807, 2.05) is 0 Å². The van der Waals surface area contributed by atoms with Gasteiger partial charge in [-0.15, -0.1) is 0 Å². The summed E-state index contributed by atoms with van der Waals surface area (Å²) in [6.45, 7) is 1.51. The average Bonchev–Trinajstić information content (AvgIpc) is 2.25. The Balaban J connectivity index is 2.56. The minimum Gasteiger partial charge on any atom is -0.296 e. The highest BCUT2D eigenvalue weighted by Gasteiger charge is 1.91. The molecule has 1 aromatic rings. The minimum atomic E-state index is 0.0544. The predicted molar refractivity (Wildman–Crippen MR) is 59.6 cm³/mol. The molecule has 76 valence electrons. The molecule has 4 heteroatoms.